The van der Waals surface area contributed by atoms with E-state index in [1.807, 2.05) is 12.1 Å². The molecular weight excluding hydrogens is 398 g/mol. The molecule has 0 aliphatic carbocycles. The highest BCUT2D eigenvalue weighted by Crippen LogP contribution is 2.28. The Kier molecular flexibility index (Phi) is 6.52. The lowest BCUT2D eigenvalue weighted by Gasteiger charge is -2.19. The van der Waals surface area contributed by atoms with E-state index in [0.29, 0.717) is 6.42 Å². The lowest BCUT2D eigenvalue weighted by Crippen LogP contribution is -2.19. The third-order valence-corrected chi connectivity index (χ3v) is 5.06. The van der Waals surface area contributed by atoms with Crippen molar-refractivity contribution in [1.82, 2.24) is 9.97 Å². The van der Waals surface area contributed by atoms with Crippen LogP contribution in [0.5, 0.6) is 5.75 Å². The highest BCUT2D eigenvalue weighted by molar-refractivity contribution is 9.10. The summed E-state index contributed by atoms with van der Waals surface area (Å²) in [5.74, 6) is 0.181. The third-order valence-electron chi connectivity index (χ3n) is 3.08. The maximum Gasteiger partial charge on any atom is 0.233 e. The van der Waals surface area contributed by atoms with Crippen molar-refractivity contribution in [3.63, 3.8) is 0 Å². The number of hydrogen-bond donors (Lipinski definition) is 2. The zero-order chi connectivity index (χ0) is 17.6. The van der Waals surface area contributed by atoms with Crippen molar-refractivity contribution < 1.29 is 18.3 Å². The molecule has 0 saturated heterocycles. The zero-order valence-corrected chi connectivity index (χ0v) is 15.4. The van der Waals surface area contributed by atoms with Gasteiger partial charge in [0.2, 0.25) is 10.0 Å². The van der Waals surface area contributed by atoms with Gasteiger partial charge in [-0.1, -0.05) is 35.0 Å². The smallest absolute Gasteiger partial charge is 0.233 e. The van der Waals surface area contributed by atoms with Gasteiger partial charge in [-0.25, -0.2) is 18.4 Å². The highest BCUT2D eigenvalue weighted by Gasteiger charge is 2.18. The molecule has 2 aromatic rings. The Hall–Kier alpha value is -1.71. The quantitative estimate of drug-likeness (QED) is 0.686. The molecule has 0 amide bonds. The molecule has 1 heterocycles. The van der Waals surface area contributed by atoms with Gasteiger partial charge in [-0.05, 0) is 24.1 Å². The zero-order valence-electron chi connectivity index (χ0n) is 13.0. The summed E-state index contributed by atoms with van der Waals surface area (Å²) in [6.45, 7) is 1.49. The molecule has 0 spiro atoms. The molecule has 2 N–H and O–H groups in total. The molecule has 1 aromatic heterocycles. The summed E-state index contributed by atoms with van der Waals surface area (Å²) in [6, 6.07) is 7.26. The van der Waals surface area contributed by atoms with Gasteiger partial charge in [0.15, 0.2) is 11.6 Å². The molecule has 0 aliphatic heterocycles. The molecule has 130 valence electrons. The summed E-state index contributed by atoms with van der Waals surface area (Å²) >= 11 is 3.34. The monoisotopic (exact) mass is 415 g/mol. The van der Waals surface area contributed by atoms with Crippen LogP contribution in [0.2, 0.25) is 0 Å². The first-order valence-electron chi connectivity index (χ1n) is 7.28. The summed E-state index contributed by atoms with van der Waals surface area (Å²) in [5, 5.41) is 9.60. The van der Waals surface area contributed by atoms with E-state index >= 15 is 0 Å². The number of aliphatic hydroxyl groups is 1. The number of nitrogens with zero attached hydrogens (tertiary/aromatic N) is 2. The first-order valence-corrected chi connectivity index (χ1v) is 9.73. The van der Waals surface area contributed by atoms with Crippen molar-refractivity contribution in [3.8, 4) is 5.75 Å². The van der Waals surface area contributed by atoms with E-state index in [2.05, 4.69) is 30.6 Å². The van der Waals surface area contributed by atoms with Gasteiger partial charge in [-0.2, -0.15) is 0 Å². The van der Waals surface area contributed by atoms with Crippen molar-refractivity contribution in [2.24, 2.45) is 0 Å². The van der Waals surface area contributed by atoms with Crippen molar-refractivity contribution in [2.75, 3.05) is 17.1 Å². The SMILES string of the molecule is CCCS(=O)(=O)Nc1ncncc1OC(CO)c1ccc(Br)cc1. The molecule has 1 unspecified atom stereocenters. The third kappa shape index (κ3) is 5.15. The van der Waals surface area contributed by atoms with Crippen LogP contribution in [-0.2, 0) is 10.0 Å². The molecule has 0 saturated carbocycles. The number of hydrogen-bond acceptors (Lipinski definition) is 6. The lowest BCUT2D eigenvalue weighted by atomic mass is 10.1. The van der Waals surface area contributed by atoms with Crippen LogP contribution in [0.1, 0.15) is 25.0 Å². The van der Waals surface area contributed by atoms with Crippen molar-refractivity contribution >= 4 is 31.8 Å². The van der Waals surface area contributed by atoms with Crippen LogP contribution in [0.3, 0.4) is 0 Å². The first-order chi connectivity index (χ1) is 11.4. The van der Waals surface area contributed by atoms with Gasteiger partial charge in [0.25, 0.3) is 0 Å². The van der Waals surface area contributed by atoms with E-state index in [-0.39, 0.29) is 23.9 Å². The van der Waals surface area contributed by atoms with E-state index in [1.165, 1.54) is 12.5 Å². The van der Waals surface area contributed by atoms with Gasteiger partial charge < -0.3 is 9.84 Å². The largest absolute Gasteiger partial charge is 0.478 e. The van der Waals surface area contributed by atoms with Crippen molar-refractivity contribution in [2.45, 2.75) is 19.4 Å². The van der Waals surface area contributed by atoms with E-state index in [1.54, 1.807) is 19.1 Å². The molecule has 1 aromatic carbocycles. The van der Waals surface area contributed by atoms with Gasteiger partial charge in [0, 0.05) is 4.47 Å². The number of ether oxygens (including phenoxy) is 1. The molecule has 0 fully saturated rings. The summed E-state index contributed by atoms with van der Waals surface area (Å²) in [5.41, 5.74) is 0.743. The number of nitrogens with one attached hydrogen (secondary N) is 1. The normalized spacial score (nSPS) is 12.6. The molecule has 0 radical (unpaired) electrons. The molecule has 9 heteroatoms. The number of aliphatic hydroxyl groups excluding tert-OH is 1. The Balaban J connectivity index is 2.23. The van der Waals surface area contributed by atoms with Crippen LogP contribution >= 0.6 is 15.9 Å². The highest BCUT2D eigenvalue weighted by atomic mass is 79.9. The lowest BCUT2D eigenvalue weighted by molar-refractivity contribution is 0.116. The Bertz CT molecular complexity index is 769. The van der Waals surface area contributed by atoms with Crippen LogP contribution in [0.4, 0.5) is 5.82 Å². The molecule has 2 rings (SSSR count). The fourth-order valence-corrected chi connectivity index (χ4v) is 3.34. The minimum Gasteiger partial charge on any atom is -0.478 e. The van der Waals surface area contributed by atoms with Crippen LogP contribution in [0.15, 0.2) is 41.3 Å². The van der Waals surface area contributed by atoms with Crippen molar-refractivity contribution in [3.05, 3.63) is 46.8 Å². The van der Waals surface area contributed by atoms with Crippen LogP contribution in [0.25, 0.3) is 0 Å². The second-order valence-corrected chi connectivity index (χ2v) is 7.75. The summed E-state index contributed by atoms with van der Waals surface area (Å²) in [4.78, 5) is 7.78. The average Bonchev–Trinajstić information content (AvgIpc) is 2.54. The van der Waals surface area contributed by atoms with Crippen LogP contribution < -0.4 is 9.46 Å². The maximum absolute atomic E-state index is 11.9. The number of halogens is 1. The minimum absolute atomic E-state index is 0.0212. The van der Waals surface area contributed by atoms with Crippen LogP contribution in [-0.4, -0.2) is 35.9 Å². The Morgan fingerprint density at radius 3 is 2.67 bits per heavy atom. The minimum atomic E-state index is -3.51. The van der Waals surface area contributed by atoms with Gasteiger partial charge in [0.05, 0.1) is 18.6 Å². The second-order valence-electron chi connectivity index (χ2n) is 5.00. The Morgan fingerprint density at radius 2 is 2.04 bits per heavy atom. The van der Waals surface area contributed by atoms with Gasteiger partial charge in [0.1, 0.15) is 12.4 Å². The summed E-state index contributed by atoms with van der Waals surface area (Å²) < 4.78 is 32.9. The predicted molar refractivity (Wildman–Crippen MR) is 94.3 cm³/mol. The average molecular weight is 416 g/mol. The van der Waals surface area contributed by atoms with E-state index in [0.717, 1.165) is 10.0 Å². The number of anilines is 1. The summed E-state index contributed by atoms with van der Waals surface area (Å²) in [7, 11) is -3.51. The van der Waals surface area contributed by atoms with Gasteiger partial charge in [-0.15, -0.1) is 0 Å². The maximum atomic E-state index is 11.9. The standard InChI is InChI=1S/C15H18BrN3O4S/c1-2-7-24(21,22)19-15-13(8-17-10-18-15)23-14(9-20)11-3-5-12(16)6-4-11/h3-6,8,10,14,20H,2,7,9H2,1H3,(H,17,18,19). The number of sulfonamides is 1. The van der Waals surface area contributed by atoms with E-state index < -0.39 is 16.1 Å². The predicted octanol–water partition coefficient (Wildman–Crippen LogP) is 2.50. The van der Waals surface area contributed by atoms with Gasteiger partial charge in [-0.3, -0.25) is 4.72 Å². The van der Waals surface area contributed by atoms with Crippen molar-refractivity contribution in [1.29, 1.82) is 0 Å². The fraction of sp³-hybridized carbons (Fsp3) is 0.333. The number of benzene rings is 1. The fourth-order valence-electron chi connectivity index (χ4n) is 1.99. The topological polar surface area (TPSA) is 101 Å². The molecule has 1 atom stereocenters. The summed E-state index contributed by atoms with van der Waals surface area (Å²) in [6.07, 6.45) is 2.40. The van der Waals surface area contributed by atoms with E-state index in [9.17, 15) is 13.5 Å². The van der Waals surface area contributed by atoms with E-state index in [4.69, 9.17) is 4.74 Å². The van der Waals surface area contributed by atoms with Gasteiger partial charge >= 0.3 is 0 Å². The number of aromatic nitrogens is 2. The molecule has 0 bridgehead atoms. The number of rotatable bonds is 8. The first kappa shape index (κ1) is 18.6. The second kappa shape index (κ2) is 8.41. The molecule has 7 nitrogen and oxygen atoms in total. The molecular formula is C15H18BrN3O4S. The molecule has 24 heavy (non-hydrogen) atoms. The Morgan fingerprint density at radius 1 is 1.33 bits per heavy atom. The van der Waals surface area contributed by atoms with Crippen LogP contribution in [0, 0.1) is 0 Å². The Labute approximate surface area is 149 Å². The molecule has 0 aliphatic rings.